The van der Waals surface area contributed by atoms with Gasteiger partial charge in [-0.05, 0) is 29.7 Å². The van der Waals surface area contributed by atoms with E-state index in [0.29, 0.717) is 5.84 Å². The van der Waals surface area contributed by atoms with Gasteiger partial charge < -0.3 is 5.32 Å². The van der Waals surface area contributed by atoms with Gasteiger partial charge in [-0.25, -0.2) is 9.38 Å². The second kappa shape index (κ2) is 4.17. The lowest BCUT2D eigenvalue weighted by Gasteiger charge is -2.19. The number of benzene rings is 3. The van der Waals surface area contributed by atoms with Crippen LogP contribution in [-0.4, -0.2) is 5.84 Å². The van der Waals surface area contributed by atoms with Gasteiger partial charge in [-0.2, -0.15) is 0 Å². The van der Waals surface area contributed by atoms with Crippen LogP contribution in [0.15, 0.2) is 65.7 Å². The molecule has 0 unspecified atom stereocenters. The maximum atomic E-state index is 13.4. The number of hydrogen-bond donors (Lipinski definition) is 1. The summed E-state index contributed by atoms with van der Waals surface area (Å²) in [5.74, 6) is 0.416. The van der Waals surface area contributed by atoms with Crippen molar-refractivity contribution in [1.82, 2.24) is 0 Å². The molecule has 4 rings (SSSR count). The van der Waals surface area contributed by atoms with Crippen LogP contribution in [0.4, 0.5) is 15.8 Å². The quantitative estimate of drug-likeness (QED) is 0.687. The van der Waals surface area contributed by atoms with E-state index in [-0.39, 0.29) is 5.82 Å². The van der Waals surface area contributed by atoms with E-state index in [4.69, 9.17) is 0 Å². The highest BCUT2D eigenvalue weighted by atomic mass is 19.1. The Labute approximate surface area is 115 Å². The molecule has 0 amide bonds. The van der Waals surface area contributed by atoms with Crippen LogP contribution in [0.25, 0.3) is 10.8 Å². The predicted molar refractivity (Wildman–Crippen MR) is 80.2 cm³/mol. The third kappa shape index (κ3) is 1.67. The zero-order valence-corrected chi connectivity index (χ0v) is 10.6. The number of rotatable bonds is 1. The molecule has 1 heterocycles. The number of nitrogens with one attached hydrogen (secondary N) is 1. The monoisotopic (exact) mass is 262 g/mol. The van der Waals surface area contributed by atoms with E-state index >= 15 is 0 Å². The summed E-state index contributed by atoms with van der Waals surface area (Å²) in [4.78, 5) is 4.61. The van der Waals surface area contributed by atoms with Crippen LogP contribution < -0.4 is 5.32 Å². The molecule has 3 aromatic carbocycles. The van der Waals surface area contributed by atoms with Gasteiger partial charge in [0.15, 0.2) is 0 Å². The van der Waals surface area contributed by atoms with E-state index in [9.17, 15) is 4.39 Å². The van der Waals surface area contributed by atoms with Crippen molar-refractivity contribution in [3.63, 3.8) is 0 Å². The topological polar surface area (TPSA) is 24.4 Å². The van der Waals surface area contributed by atoms with Gasteiger partial charge in [-0.3, -0.25) is 0 Å². The summed E-state index contributed by atoms with van der Waals surface area (Å²) in [5.41, 5.74) is 2.67. The molecule has 0 saturated heterocycles. The summed E-state index contributed by atoms with van der Waals surface area (Å²) >= 11 is 0. The number of nitrogens with zero attached hydrogens (tertiary/aromatic N) is 1. The zero-order valence-electron chi connectivity index (χ0n) is 10.6. The summed E-state index contributed by atoms with van der Waals surface area (Å²) in [6.07, 6.45) is 0. The van der Waals surface area contributed by atoms with Crippen molar-refractivity contribution < 1.29 is 4.39 Å². The maximum absolute atomic E-state index is 13.4. The van der Waals surface area contributed by atoms with Crippen molar-refractivity contribution in [3.8, 4) is 0 Å². The second-order valence-electron chi connectivity index (χ2n) is 4.78. The third-order valence-corrected chi connectivity index (χ3v) is 3.47. The fraction of sp³-hybridized carbons (Fsp3) is 0. The van der Waals surface area contributed by atoms with Crippen LogP contribution in [0, 0.1) is 5.82 Å². The van der Waals surface area contributed by atoms with Crippen molar-refractivity contribution in [2.45, 2.75) is 0 Å². The molecule has 20 heavy (non-hydrogen) atoms. The Bertz CT molecular complexity index is 847. The molecular weight excluding hydrogens is 251 g/mol. The van der Waals surface area contributed by atoms with Gasteiger partial charge in [0.05, 0.1) is 5.69 Å². The van der Waals surface area contributed by atoms with Crippen molar-refractivity contribution >= 4 is 28.0 Å². The fourth-order valence-corrected chi connectivity index (χ4v) is 2.57. The number of halogens is 1. The molecule has 0 fully saturated rings. The van der Waals surface area contributed by atoms with Gasteiger partial charge in [0.2, 0.25) is 0 Å². The summed E-state index contributed by atoms with van der Waals surface area (Å²) in [5, 5.41) is 5.54. The number of amidine groups is 1. The minimum absolute atomic E-state index is 0.260. The molecule has 1 aliphatic rings. The molecule has 3 aromatic rings. The Kier molecular flexibility index (Phi) is 2.33. The first kappa shape index (κ1) is 11.2. The maximum Gasteiger partial charge on any atom is 0.138 e. The molecule has 1 N–H and O–H groups in total. The van der Waals surface area contributed by atoms with Gasteiger partial charge in [0.25, 0.3) is 0 Å². The van der Waals surface area contributed by atoms with E-state index in [1.165, 1.54) is 12.1 Å². The van der Waals surface area contributed by atoms with Gasteiger partial charge >= 0.3 is 0 Å². The smallest absolute Gasteiger partial charge is 0.138 e. The Hall–Kier alpha value is -2.68. The molecule has 0 atom stereocenters. The summed E-state index contributed by atoms with van der Waals surface area (Å²) in [6.45, 7) is 0. The third-order valence-electron chi connectivity index (χ3n) is 3.47. The number of aliphatic imine (C=N–C) groups is 1. The predicted octanol–water partition coefficient (Wildman–Crippen LogP) is 4.48. The summed E-state index contributed by atoms with van der Waals surface area (Å²) in [6, 6.07) is 18.6. The normalized spacial score (nSPS) is 12.9. The molecule has 0 bridgehead atoms. The van der Waals surface area contributed by atoms with Crippen molar-refractivity contribution in [2.24, 2.45) is 4.99 Å². The Morgan fingerprint density at radius 2 is 1.70 bits per heavy atom. The van der Waals surface area contributed by atoms with Gasteiger partial charge in [-0.15, -0.1) is 0 Å². The minimum atomic E-state index is -0.260. The molecular formula is C17H11FN2. The molecule has 2 nitrogen and oxygen atoms in total. The van der Waals surface area contributed by atoms with E-state index in [2.05, 4.69) is 22.4 Å². The zero-order chi connectivity index (χ0) is 13.5. The van der Waals surface area contributed by atoms with Crippen LogP contribution in [0.1, 0.15) is 5.56 Å². The summed E-state index contributed by atoms with van der Waals surface area (Å²) < 4.78 is 13.4. The van der Waals surface area contributed by atoms with Crippen molar-refractivity contribution in [3.05, 3.63) is 72.0 Å². The standard InChI is InChI=1S/C17H11FN2/c18-13-7-1-6-12(10-13)17-19-14-8-2-4-11-5-3-9-15(20-17)16(11)14/h1-10H,(H,19,20). The Morgan fingerprint density at radius 3 is 2.55 bits per heavy atom. The van der Waals surface area contributed by atoms with E-state index < -0.39 is 0 Å². The van der Waals surface area contributed by atoms with Crippen LogP contribution >= 0.6 is 0 Å². The first-order valence-electron chi connectivity index (χ1n) is 6.45. The average Bonchev–Trinajstić information content (AvgIpc) is 2.48. The molecule has 0 saturated carbocycles. The summed E-state index contributed by atoms with van der Waals surface area (Å²) in [7, 11) is 0. The fourth-order valence-electron chi connectivity index (χ4n) is 2.57. The lowest BCUT2D eigenvalue weighted by atomic mass is 10.0. The van der Waals surface area contributed by atoms with E-state index in [1.54, 1.807) is 6.07 Å². The first-order valence-corrected chi connectivity index (χ1v) is 6.45. The average molecular weight is 262 g/mol. The molecule has 0 aromatic heterocycles. The number of hydrogen-bond acceptors (Lipinski definition) is 2. The largest absolute Gasteiger partial charge is 0.339 e. The molecule has 0 spiro atoms. The first-order chi connectivity index (χ1) is 9.81. The SMILES string of the molecule is Fc1cccc(C2=Nc3cccc4cccc(c34)N2)c1. The highest BCUT2D eigenvalue weighted by molar-refractivity contribution is 6.18. The van der Waals surface area contributed by atoms with Gasteiger partial charge in [0.1, 0.15) is 11.7 Å². The number of anilines is 1. The van der Waals surface area contributed by atoms with Gasteiger partial charge in [-0.1, -0.05) is 36.4 Å². The molecule has 3 heteroatoms. The lowest BCUT2D eigenvalue weighted by Crippen LogP contribution is -2.16. The lowest BCUT2D eigenvalue weighted by molar-refractivity contribution is 0.627. The molecule has 0 radical (unpaired) electrons. The van der Waals surface area contributed by atoms with E-state index in [1.807, 2.05) is 30.3 Å². The minimum Gasteiger partial charge on any atom is -0.339 e. The van der Waals surface area contributed by atoms with Crippen LogP contribution in [0.3, 0.4) is 0 Å². The molecule has 96 valence electrons. The van der Waals surface area contributed by atoms with E-state index in [0.717, 1.165) is 27.7 Å². The Morgan fingerprint density at radius 1 is 0.900 bits per heavy atom. The van der Waals surface area contributed by atoms with Crippen LogP contribution in [-0.2, 0) is 0 Å². The van der Waals surface area contributed by atoms with Crippen LogP contribution in [0.5, 0.6) is 0 Å². The molecule has 1 aliphatic heterocycles. The molecule has 0 aliphatic carbocycles. The van der Waals surface area contributed by atoms with Gasteiger partial charge in [0, 0.05) is 16.6 Å². The van der Waals surface area contributed by atoms with Crippen molar-refractivity contribution in [2.75, 3.05) is 5.32 Å². The highest BCUT2D eigenvalue weighted by Gasteiger charge is 2.15. The highest BCUT2D eigenvalue weighted by Crippen LogP contribution is 2.36. The van der Waals surface area contributed by atoms with Crippen molar-refractivity contribution in [1.29, 1.82) is 0 Å². The second-order valence-corrected chi connectivity index (χ2v) is 4.78. The van der Waals surface area contributed by atoms with Crippen LogP contribution in [0.2, 0.25) is 0 Å². The Balaban J connectivity index is 1.94.